The molecule has 0 saturated heterocycles. The van der Waals surface area contributed by atoms with Gasteiger partial charge in [-0.25, -0.2) is 0 Å². The molecule has 0 rings (SSSR count). The molecule has 0 radical (unpaired) electrons. The normalized spacial score (nSPS) is 8.57. The molecule has 0 bridgehead atoms. The van der Waals surface area contributed by atoms with Crippen molar-refractivity contribution in [2.75, 3.05) is 0 Å². The minimum atomic E-state index is -5.00. The van der Waals surface area contributed by atoms with E-state index in [4.69, 9.17) is 14.8 Å². The molecule has 0 amide bonds. The molecule has 0 fully saturated rings. The zero-order valence-electron chi connectivity index (χ0n) is 3.01. The summed E-state index contributed by atoms with van der Waals surface area (Å²) >= 11 is -5.00. The average Bonchev–Trinajstić information content (AvgIpc) is 0.722. The third-order valence-corrected chi connectivity index (χ3v) is 0. The fourth-order valence-corrected chi connectivity index (χ4v) is 0. The molecule has 0 saturated carbocycles. The first-order valence-electron chi connectivity index (χ1n) is 0.894. The van der Waals surface area contributed by atoms with E-state index in [2.05, 4.69) is 0 Å². The van der Waals surface area contributed by atoms with E-state index >= 15 is 0 Å². The van der Waals surface area contributed by atoms with Crippen LogP contribution in [0.5, 0.6) is 0 Å². The topological polar surface area (TPSA) is 80.9 Å². The Bertz CT molecular complexity index is 27.2. The maximum atomic E-state index is 7.38. The van der Waals surface area contributed by atoms with E-state index in [0.29, 0.717) is 0 Å². The summed E-state index contributed by atoms with van der Waals surface area (Å²) in [5, 5.41) is 0. The molecule has 0 aliphatic rings. The van der Waals surface area contributed by atoms with E-state index in [1.807, 2.05) is 0 Å². The van der Waals surface area contributed by atoms with Gasteiger partial charge in [-0.05, 0) is 0 Å². The van der Waals surface area contributed by atoms with Gasteiger partial charge in [-0.3, -0.25) is 0 Å². The first kappa shape index (κ1) is 16.2. The second-order valence-electron chi connectivity index (χ2n) is 0.600. The Labute approximate surface area is 87.0 Å². The van der Waals surface area contributed by atoms with Crippen molar-refractivity contribution >= 4 is 0 Å². The predicted molar refractivity (Wildman–Crippen MR) is 8.88 cm³/mol. The van der Waals surface area contributed by atoms with Crippen LogP contribution < -0.4 is 0 Å². The van der Waals surface area contributed by atoms with Crippen LogP contribution in [0.2, 0.25) is 0 Å². The molecule has 4 nitrogen and oxygen atoms in total. The first-order valence-corrected chi connectivity index (χ1v) is 3.69. The van der Waals surface area contributed by atoms with Gasteiger partial charge in [-0.2, -0.15) is 0 Å². The van der Waals surface area contributed by atoms with Gasteiger partial charge in [-0.1, -0.05) is 0 Å². The van der Waals surface area contributed by atoms with Crippen LogP contribution in [0.25, 0.3) is 0 Å². The summed E-state index contributed by atoms with van der Waals surface area (Å²) in [5.74, 6) is 0. The molecule has 0 spiro atoms. The standard InChI is InChI=1S/Cr.Dy.4H2O.Ti/h;;4*1H2;/q;;;;;;+4/p-4. The summed E-state index contributed by atoms with van der Waals surface area (Å²) in [4.78, 5) is 0. The van der Waals surface area contributed by atoms with Gasteiger partial charge in [0, 0.05) is 55.5 Å². The molecule has 0 atom stereocenters. The molecule has 0 aromatic carbocycles. The quantitative estimate of drug-likeness (QED) is 0.379. The molecular formula is H4CrDyO4Ti. The van der Waals surface area contributed by atoms with Crippen LogP contribution in [-0.2, 0) is 35.5 Å². The van der Waals surface area contributed by atoms with Gasteiger partial charge in [0.2, 0.25) is 0 Å². The molecule has 0 aliphatic carbocycles. The summed E-state index contributed by atoms with van der Waals surface area (Å²) < 4.78 is 29.5. The van der Waals surface area contributed by atoms with E-state index in [1.165, 1.54) is 0 Å². The molecule has 7 heavy (non-hydrogen) atoms. The maximum absolute atomic E-state index is 7.38. The van der Waals surface area contributed by atoms with E-state index in [1.54, 1.807) is 0 Å². The minimum absolute atomic E-state index is 0. The summed E-state index contributed by atoms with van der Waals surface area (Å²) in [5.41, 5.74) is 0. The first-order chi connectivity index (χ1) is 2.00. The third-order valence-electron chi connectivity index (χ3n) is 0. The monoisotopic (exact) mass is 332 g/mol. The van der Waals surface area contributed by atoms with Crippen LogP contribution in [0, 0.1) is 38.2 Å². The van der Waals surface area contributed by atoms with Gasteiger partial charge < -0.3 is 0 Å². The van der Waals surface area contributed by atoms with E-state index < -0.39 is 18.1 Å². The summed E-state index contributed by atoms with van der Waals surface area (Å²) in [6.45, 7) is 0. The van der Waals surface area contributed by atoms with Crippen molar-refractivity contribution in [2.45, 2.75) is 0 Å². The van der Waals surface area contributed by atoms with Gasteiger partial charge in [-0.15, -0.1) is 0 Å². The second-order valence-corrected chi connectivity index (χ2v) is 2.47. The molecule has 7 heteroatoms. The van der Waals surface area contributed by atoms with Crippen molar-refractivity contribution in [3.05, 3.63) is 0 Å². The number of hydrogen-bond donors (Lipinski definition) is 4. The summed E-state index contributed by atoms with van der Waals surface area (Å²) in [7, 11) is 0. The van der Waals surface area contributed by atoms with Crippen LogP contribution >= 0.6 is 0 Å². The van der Waals surface area contributed by atoms with Gasteiger partial charge >= 0.3 is 32.9 Å². The van der Waals surface area contributed by atoms with Crippen molar-refractivity contribution < 1.29 is 88.4 Å². The number of hydrogen-bond acceptors (Lipinski definition) is 4. The molecular weight excluding hydrogens is 326 g/mol. The van der Waals surface area contributed by atoms with Crippen molar-refractivity contribution in [1.82, 2.24) is 0 Å². The molecule has 0 unspecified atom stereocenters. The Hall–Kier alpha value is 2.36. The molecule has 48 valence electrons. The van der Waals surface area contributed by atoms with Crippen LogP contribution in [0.4, 0.5) is 0 Å². The Kier molecular flexibility index (Phi) is 15.0. The van der Waals surface area contributed by atoms with Crippen LogP contribution in [0.15, 0.2) is 0 Å². The van der Waals surface area contributed by atoms with Crippen molar-refractivity contribution in [1.29, 1.82) is 0 Å². The zero-order chi connectivity index (χ0) is 4.50. The van der Waals surface area contributed by atoms with E-state index in [-0.39, 0.29) is 55.5 Å². The van der Waals surface area contributed by atoms with Crippen molar-refractivity contribution in [2.24, 2.45) is 0 Å². The second kappa shape index (κ2) is 6.48. The molecule has 0 aliphatic heterocycles. The van der Waals surface area contributed by atoms with Gasteiger partial charge in [0.1, 0.15) is 0 Å². The van der Waals surface area contributed by atoms with Gasteiger partial charge in [0.05, 0.1) is 0 Å². The summed E-state index contributed by atoms with van der Waals surface area (Å²) in [6, 6.07) is 0. The molecule has 0 heterocycles. The predicted octanol–water partition coefficient (Wildman–Crippen LogP) is -2.23. The van der Waals surface area contributed by atoms with Gasteiger partial charge in [0.25, 0.3) is 0 Å². The number of rotatable bonds is 0. The Balaban J connectivity index is -0.0000000800. The third kappa shape index (κ3) is 60.7. The zero-order valence-corrected chi connectivity index (χ0v) is 7.88. The van der Waals surface area contributed by atoms with Crippen molar-refractivity contribution in [3.8, 4) is 0 Å². The fourth-order valence-electron chi connectivity index (χ4n) is 0. The SMILES string of the molecule is [Cr].[Dy].[OH][Ti]([OH])([OH])[OH]. The Morgan fingerprint density at radius 2 is 0.857 bits per heavy atom. The Morgan fingerprint density at radius 1 is 0.857 bits per heavy atom. The van der Waals surface area contributed by atoms with Gasteiger partial charge in [0.15, 0.2) is 0 Å². The molecule has 0 aromatic heterocycles. The molecule has 4 N–H and O–H groups in total. The van der Waals surface area contributed by atoms with E-state index in [9.17, 15) is 0 Å². The van der Waals surface area contributed by atoms with Crippen molar-refractivity contribution in [3.63, 3.8) is 0 Å². The summed E-state index contributed by atoms with van der Waals surface area (Å²) in [6.07, 6.45) is 0. The molecule has 0 aromatic rings. The van der Waals surface area contributed by atoms with Crippen LogP contribution in [0.3, 0.4) is 0 Å². The fraction of sp³-hybridized carbons (Fsp3) is 0. The van der Waals surface area contributed by atoms with Crippen LogP contribution in [-0.4, -0.2) is 14.8 Å². The van der Waals surface area contributed by atoms with E-state index in [0.717, 1.165) is 0 Å². The average molecular weight is 330 g/mol. The van der Waals surface area contributed by atoms with Crippen LogP contribution in [0.1, 0.15) is 0 Å². The Morgan fingerprint density at radius 3 is 0.857 bits per heavy atom.